The number of halogens is 6. The fourth-order valence-electron chi connectivity index (χ4n) is 1.43. The summed E-state index contributed by atoms with van der Waals surface area (Å²) in [5, 5.41) is 0. The fraction of sp³-hybridized carbons (Fsp3) is 0.0909. The predicted octanol–water partition coefficient (Wildman–Crippen LogP) is 6.07. The Morgan fingerprint density at radius 1 is 1.11 bits per heavy atom. The molecular weight excluding hydrogens is 416 g/mol. The average molecular weight is 420 g/mol. The predicted molar refractivity (Wildman–Crippen MR) is 74.1 cm³/mol. The minimum Gasteiger partial charge on any atom is -0.207 e. The molecule has 1 atom stereocenters. The zero-order valence-corrected chi connectivity index (χ0v) is 13.2. The number of alkyl halides is 1. The molecule has 0 bridgehead atoms. The van der Waals surface area contributed by atoms with E-state index in [0.717, 1.165) is 0 Å². The lowest BCUT2D eigenvalue weighted by Crippen LogP contribution is -2.00. The van der Waals surface area contributed by atoms with E-state index in [2.05, 4.69) is 31.9 Å². The molecule has 0 fully saturated rings. The molecular formula is C11H4Br2ClF3S. The minimum absolute atomic E-state index is 0.234. The highest BCUT2D eigenvalue weighted by Crippen LogP contribution is 2.42. The Hall–Kier alpha value is -0.0400. The lowest BCUT2D eigenvalue weighted by molar-refractivity contribution is 0.528. The summed E-state index contributed by atoms with van der Waals surface area (Å²) in [6, 6.07) is 2.96. The van der Waals surface area contributed by atoms with Crippen molar-refractivity contribution in [2.75, 3.05) is 0 Å². The topological polar surface area (TPSA) is 0 Å². The van der Waals surface area contributed by atoms with Crippen molar-refractivity contribution >= 4 is 54.8 Å². The molecule has 0 N–H and O–H groups in total. The van der Waals surface area contributed by atoms with Crippen LogP contribution in [-0.4, -0.2) is 0 Å². The van der Waals surface area contributed by atoms with E-state index < -0.39 is 22.3 Å². The first-order valence-corrected chi connectivity index (χ1v) is 7.53. The second-order valence-electron chi connectivity index (χ2n) is 3.42. The molecule has 96 valence electrons. The van der Waals surface area contributed by atoms with Crippen molar-refractivity contribution < 1.29 is 13.2 Å². The number of benzene rings is 1. The van der Waals surface area contributed by atoms with E-state index in [4.69, 9.17) is 11.6 Å². The molecule has 0 aliphatic rings. The van der Waals surface area contributed by atoms with Crippen LogP contribution in [0.4, 0.5) is 13.2 Å². The van der Waals surface area contributed by atoms with Crippen LogP contribution in [0.1, 0.15) is 15.3 Å². The quantitative estimate of drug-likeness (QED) is 0.518. The average Bonchev–Trinajstić information content (AvgIpc) is 2.57. The van der Waals surface area contributed by atoms with Crippen molar-refractivity contribution in [3.05, 3.63) is 54.9 Å². The number of rotatable bonds is 2. The first kappa shape index (κ1) is 14.4. The van der Waals surface area contributed by atoms with Crippen LogP contribution in [0.25, 0.3) is 0 Å². The van der Waals surface area contributed by atoms with E-state index in [0.29, 0.717) is 25.8 Å². The maximum absolute atomic E-state index is 13.6. The lowest BCUT2D eigenvalue weighted by atomic mass is 10.1. The zero-order chi connectivity index (χ0) is 13.4. The van der Waals surface area contributed by atoms with Gasteiger partial charge < -0.3 is 0 Å². The van der Waals surface area contributed by atoms with Gasteiger partial charge in [-0.3, -0.25) is 0 Å². The van der Waals surface area contributed by atoms with Gasteiger partial charge in [0.15, 0.2) is 0 Å². The Kier molecular flexibility index (Phi) is 4.41. The van der Waals surface area contributed by atoms with Crippen molar-refractivity contribution in [3.63, 3.8) is 0 Å². The summed E-state index contributed by atoms with van der Waals surface area (Å²) in [5.41, 5.74) is -0.234. The van der Waals surface area contributed by atoms with Gasteiger partial charge in [-0.1, -0.05) is 27.5 Å². The molecule has 2 rings (SSSR count). The molecule has 0 aliphatic heterocycles. The summed E-state index contributed by atoms with van der Waals surface area (Å²) in [5.74, 6) is -2.82. The van der Waals surface area contributed by atoms with Gasteiger partial charge in [0.1, 0.15) is 21.8 Å². The molecule has 0 radical (unpaired) electrons. The second kappa shape index (κ2) is 5.53. The highest BCUT2D eigenvalue weighted by Gasteiger charge is 2.23. The van der Waals surface area contributed by atoms with Crippen LogP contribution < -0.4 is 0 Å². The first-order valence-electron chi connectivity index (χ1n) is 4.63. The van der Waals surface area contributed by atoms with Gasteiger partial charge in [0.25, 0.3) is 0 Å². The molecule has 0 aliphatic carbocycles. The Bertz CT molecular complexity index is 557. The maximum atomic E-state index is 13.6. The maximum Gasteiger partial charge on any atom is 0.133 e. The van der Waals surface area contributed by atoms with Crippen LogP contribution in [0.2, 0.25) is 4.34 Å². The molecule has 1 aromatic carbocycles. The fourth-order valence-corrected chi connectivity index (χ4v) is 4.00. The summed E-state index contributed by atoms with van der Waals surface area (Å²) >= 11 is 13.5. The Labute approximate surface area is 127 Å². The second-order valence-corrected chi connectivity index (χ2v) is 6.87. The monoisotopic (exact) mass is 418 g/mol. The molecule has 0 saturated heterocycles. The van der Waals surface area contributed by atoms with E-state index >= 15 is 0 Å². The molecule has 2 aromatic rings. The lowest BCUT2D eigenvalue weighted by Gasteiger charge is -2.10. The summed E-state index contributed by atoms with van der Waals surface area (Å²) in [6.07, 6.45) is 0. The SMILES string of the molecule is Fc1cc(F)c(C(Br)c2cc(Br)c(Cl)s2)c(F)c1. The molecule has 0 spiro atoms. The largest absolute Gasteiger partial charge is 0.207 e. The summed E-state index contributed by atoms with van der Waals surface area (Å²) < 4.78 is 41.2. The van der Waals surface area contributed by atoms with Crippen molar-refractivity contribution in [3.8, 4) is 0 Å². The van der Waals surface area contributed by atoms with Crippen molar-refractivity contribution in [1.82, 2.24) is 0 Å². The van der Waals surface area contributed by atoms with Crippen molar-refractivity contribution in [1.29, 1.82) is 0 Å². The van der Waals surface area contributed by atoms with Crippen LogP contribution in [-0.2, 0) is 0 Å². The molecule has 1 aromatic heterocycles. The molecule has 0 saturated carbocycles. The third-order valence-electron chi connectivity index (χ3n) is 2.21. The third kappa shape index (κ3) is 2.76. The zero-order valence-electron chi connectivity index (χ0n) is 8.49. The standard InChI is InChI=1S/C11H4Br2ClF3S/c12-5-3-8(18-11(5)14)10(13)9-6(16)1-4(15)2-7(9)17/h1-3,10H. The van der Waals surface area contributed by atoms with Gasteiger partial charge in [0.2, 0.25) is 0 Å². The number of hydrogen-bond acceptors (Lipinski definition) is 1. The van der Waals surface area contributed by atoms with Gasteiger partial charge in [-0.05, 0) is 22.0 Å². The van der Waals surface area contributed by atoms with E-state index in [1.54, 1.807) is 6.07 Å². The normalized spacial score (nSPS) is 12.8. The number of thiophene rings is 1. The van der Waals surface area contributed by atoms with Crippen LogP contribution in [0.15, 0.2) is 22.7 Å². The summed E-state index contributed by atoms with van der Waals surface area (Å²) in [7, 11) is 0. The number of hydrogen-bond donors (Lipinski definition) is 0. The molecule has 1 heterocycles. The minimum atomic E-state index is -0.946. The van der Waals surface area contributed by atoms with E-state index in [9.17, 15) is 13.2 Å². The van der Waals surface area contributed by atoms with Crippen LogP contribution in [0, 0.1) is 17.5 Å². The van der Waals surface area contributed by atoms with Crippen molar-refractivity contribution in [2.24, 2.45) is 0 Å². The molecule has 1 unspecified atom stereocenters. The van der Waals surface area contributed by atoms with Gasteiger partial charge in [-0.15, -0.1) is 11.3 Å². The van der Waals surface area contributed by atoms with Gasteiger partial charge in [0, 0.05) is 27.0 Å². The van der Waals surface area contributed by atoms with E-state index in [-0.39, 0.29) is 5.56 Å². The van der Waals surface area contributed by atoms with E-state index in [1.165, 1.54) is 11.3 Å². The summed E-state index contributed by atoms with van der Waals surface area (Å²) in [4.78, 5) is -0.0943. The smallest absolute Gasteiger partial charge is 0.133 e. The van der Waals surface area contributed by atoms with Gasteiger partial charge in [0.05, 0.1) is 4.83 Å². The van der Waals surface area contributed by atoms with Crippen LogP contribution in [0.5, 0.6) is 0 Å². The Morgan fingerprint density at radius 2 is 1.67 bits per heavy atom. The molecule has 0 amide bonds. The highest BCUT2D eigenvalue weighted by molar-refractivity contribution is 9.10. The summed E-state index contributed by atoms with van der Waals surface area (Å²) in [6.45, 7) is 0. The van der Waals surface area contributed by atoms with Gasteiger partial charge in [-0.2, -0.15) is 0 Å². The van der Waals surface area contributed by atoms with Crippen LogP contribution in [0.3, 0.4) is 0 Å². The van der Waals surface area contributed by atoms with Gasteiger partial charge >= 0.3 is 0 Å². The van der Waals surface area contributed by atoms with Crippen molar-refractivity contribution in [2.45, 2.75) is 4.83 Å². The molecule has 18 heavy (non-hydrogen) atoms. The Morgan fingerprint density at radius 3 is 2.11 bits per heavy atom. The molecule has 0 nitrogen and oxygen atoms in total. The van der Waals surface area contributed by atoms with E-state index in [1.807, 2.05) is 0 Å². The van der Waals surface area contributed by atoms with Gasteiger partial charge in [-0.25, -0.2) is 13.2 Å². The highest BCUT2D eigenvalue weighted by atomic mass is 79.9. The first-order chi connectivity index (χ1) is 8.40. The third-order valence-corrected chi connectivity index (χ3v) is 6.01. The molecule has 7 heteroatoms. The van der Waals surface area contributed by atoms with Crippen LogP contribution >= 0.6 is 54.8 Å². The Balaban J connectivity index is 2.49.